The lowest BCUT2D eigenvalue weighted by molar-refractivity contribution is -0.127. The van der Waals surface area contributed by atoms with Crippen LogP contribution in [0, 0.1) is 5.92 Å². The molecule has 0 bridgehead atoms. The van der Waals surface area contributed by atoms with Crippen molar-refractivity contribution in [3.8, 4) is 10.6 Å². The highest BCUT2D eigenvalue weighted by Gasteiger charge is 2.32. The van der Waals surface area contributed by atoms with Gasteiger partial charge in [-0.3, -0.25) is 14.6 Å². The van der Waals surface area contributed by atoms with Crippen molar-refractivity contribution in [1.82, 2.24) is 20.1 Å². The van der Waals surface area contributed by atoms with Crippen LogP contribution in [0.4, 0.5) is 5.13 Å². The Morgan fingerprint density at radius 1 is 1.48 bits per heavy atom. The van der Waals surface area contributed by atoms with Crippen LogP contribution < -0.4 is 5.32 Å². The lowest BCUT2D eigenvalue weighted by atomic mass is 10.1. The van der Waals surface area contributed by atoms with Crippen molar-refractivity contribution >= 4 is 28.3 Å². The van der Waals surface area contributed by atoms with Crippen molar-refractivity contribution in [2.75, 3.05) is 18.9 Å². The summed E-state index contributed by atoms with van der Waals surface area (Å²) in [7, 11) is 1.70. The fourth-order valence-electron chi connectivity index (χ4n) is 2.13. The minimum Gasteiger partial charge on any atom is -0.345 e. The maximum absolute atomic E-state index is 12.1. The van der Waals surface area contributed by atoms with Crippen LogP contribution in [-0.4, -0.2) is 45.5 Å². The van der Waals surface area contributed by atoms with Gasteiger partial charge in [0, 0.05) is 38.0 Å². The molecule has 108 valence electrons. The summed E-state index contributed by atoms with van der Waals surface area (Å²) in [5.41, 5.74) is 0.853. The average Bonchev–Trinajstić information content (AvgIpc) is 3.08. The van der Waals surface area contributed by atoms with Crippen molar-refractivity contribution in [3.63, 3.8) is 0 Å². The van der Waals surface area contributed by atoms with Gasteiger partial charge in [-0.25, -0.2) is 0 Å². The van der Waals surface area contributed by atoms with Gasteiger partial charge in [-0.2, -0.15) is 0 Å². The summed E-state index contributed by atoms with van der Waals surface area (Å²) < 4.78 is 0. The molecule has 0 aliphatic carbocycles. The molecule has 3 heterocycles. The fourth-order valence-corrected chi connectivity index (χ4v) is 2.86. The molecule has 0 aromatic carbocycles. The van der Waals surface area contributed by atoms with Gasteiger partial charge in [-0.05, 0) is 12.1 Å². The van der Waals surface area contributed by atoms with E-state index in [1.807, 2.05) is 12.1 Å². The normalized spacial score (nSPS) is 18.0. The number of nitrogens with one attached hydrogen (secondary N) is 1. The molecule has 2 aromatic rings. The predicted octanol–water partition coefficient (Wildman–Crippen LogP) is 1.02. The van der Waals surface area contributed by atoms with E-state index in [0.29, 0.717) is 16.7 Å². The van der Waals surface area contributed by atoms with Crippen molar-refractivity contribution in [2.24, 2.45) is 5.92 Å². The van der Waals surface area contributed by atoms with E-state index in [1.165, 1.54) is 11.3 Å². The van der Waals surface area contributed by atoms with Crippen LogP contribution >= 0.6 is 11.3 Å². The SMILES string of the molecule is CN1C[C@@H](C(=O)Nc2nnc(-c3cccnc3)s2)CC1=O. The van der Waals surface area contributed by atoms with E-state index in [2.05, 4.69) is 20.5 Å². The first-order chi connectivity index (χ1) is 10.1. The third kappa shape index (κ3) is 2.89. The van der Waals surface area contributed by atoms with Gasteiger partial charge < -0.3 is 10.2 Å². The molecule has 0 unspecified atom stereocenters. The maximum atomic E-state index is 12.1. The van der Waals surface area contributed by atoms with Gasteiger partial charge in [-0.1, -0.05) is 11.3 Å². The molecule has 1 saturated heterocycles. The van der Waals surface area contributed by atoms with Gasteiger partial charge in [0.25, 0.3) is 0 Å². The number of rotatable bonds is 3. The largest absolute Gasteiger partial charge is 0.345 e. The summed E-state index contributed by atoms with van der Waals surface area (Å²) in [6, 6.07) is 3.69. The number of aromatic nitrogens is 3. The number of nitrogens with zero attached hydrogens (tertiary/aromatic N) is 4. The van der Waals surface area contributed by atoms with Crippen LogP contribution in [0.15, 0.2) is 24.5 Å². The summed E-state index contributed by atoms with van der Waals surface area (Å²) in [5.74, 6) is -0.529. The van der Waals surface area contributed by atoms with Crippen molar-refractivity contribution in [1.29, 1.82) is 0 Å². The zero-order valence-corrected chi connectivity index (χ0v) is 12.1. The van der Waals surface area contributed by atoms with E-state index in [0.717, 1.165) is 5.56 Å². The van der Waals surface area contributed by atoms with E-state index in [4.69, 9.17) is 0 Å². The minimum absolute atomic E-state index is 0.0107. The van der Waals surface area contributed by atoms with Crippen LogP contribution in [0.3, 0.4) is 0 Å². The molecule has 21 heavy (non-hydrogen) atoms. The molecule has 0 saturated carbocycles. The Balaban J connectivity index is 1.68. The van der Waals surface area contributed by atoms with E-state index in [1.54, 1.807) is 24.3 Å². The Hall–Kier alpha value is -2.35. The molecule has 1 atom stereocenters. The Kier molecular flexibility index (Phi) is 3.61. The molecule has 0 spiro atoms. The summed E-state index contributed by atoms with van der Waals surface area (Å²) in [4.78, 5) is 29.1. The van der Waals surface area contributed by atoms with Gasteiger partial charge >= 0.3 is 0 Å². The van der Waals surface area contributed by atoms with Gasteiger partial charge in [0.05, 0.1) is 5.92 Å². The van der Waals surface area contributed by atoms with Crippen LogP contribution in [0.2, 0.25) is 0 Å². The second kappa shape index (κ2) is 5.57. The van der Waals surface area contributed by atoms with Crippen molar-refractivity contribution in [2.45, 2.75) is 6.42 Å². The molecule has 1 N–H and O–H groups in total. The number of hydrogen-bond donors (Lipinski definition) is 1. The lowest BCUT2D eigenvalue weighted by Gasteiger charge is -2.08. The summed E-state index contributed by atoms with van der Waals surface area (Å²) in [6.07, 6.45) is 3.62. The van der Waals surface area contributed by atoms with E-state index < -0.39 is 0 Å². The van der Waals surface area contributed by atoms with Crippen molar-refractivity contribution < 1.29 is 9.59 Å². The Morgan fingerprint density at radius 3 is 3.00 bits per heavy atom. The number of carbonyl (C=O) groups is 2. The van der Waals surface area contributed by atoms with Crippen LogP contribution in [0.1, 0.15) is 6.42 Å². The maximum Gasteiger partial charge on any atom is 0.231 e. The quantitative estimate of drug-likeness (QED) is 0.914. The molecule has 1 aliphatic heterocycles. The highest BCUT2D eigenvalue weighted by Crippen LogP contribution is 2.26. The Bertz CT molecular complexity index is 672. The molecule has 8 heteroatoms. The summed E-state index contributed by atoms with van der Waals surface area (Å²) in [6.45, 7) is 0.443. The number of likely N-dealkylation sites (tertiary alicyclic amines) is 1. The molecule has 2 aromatic heterocycles. The van der Waals surface area contributed by atoms with Gasteiger partial charge in [0.15, 0.2) is 5.01 Å². The lowest BCUT2D eigenvalue weighted by Crippen LogP contribution is -2.25. The highest BCUT2D eigenvalue weighted by atomic mass is 32.1. The molecule has 1 fully saturated rings. The van der Waals surface area contributed by atoms with E-state index >= 15 is 0 Å². The van der Waals surface area contributed by atoms with E-state index in [-0.39, 0.29) is 24.2 Å². The molecule has 2 amide bonds. The van der Waals surface area contributed by atoms with Crippen molar-refractivity contribution in [3.05, 3.63) is 24.5 Å². The zero-order chi connectivity index (χ0) is 14.8. The first-order valence-corrected chi connectivity index (χ1v) is 7.24. The highest BCUT2D eigenvalue weighted by molar-refractivity contribution is 7.18. The summed E-state index contributed by atoms with van der Waals surface area (Å²) in [5, 5.41) is 11.8. The Morgan fingerprint density at radius 2 is 2.33 bits per heavy atom. The number of anilines is 1. The fraction of sp³-hybridized carbons (Fsp3) is 0.308. The second-order valence-corrected chi connectivity index (χ2v) is 5.80. The Labute approximate surface area is 125 Å². The third-order valence-corrected chi connectivity index (χ3v) is 4.16. The molecule has 3 rings (SSSR count). The average molecular weight is 303 g/mol. The predicted molar refractivity (Wildman–Crippen MR) is 77.5 cm³/mol. The molecule has 0 radical (unpaired) electrons. The number of pyridine rings is 1. The van der Waals surface area contributed by atoms with Crippen LogP contribution in [0.25, 0.3) is 10.6 Å². The smallest absolute Gasteiger partial charge is 0.231 e. The third-order valence-electron chi connectivity index (χ3n) is 3.28. The van der Waals surface area contributed by atoms with Gasteiger partial charge in [0.1, 0.15) is 0 Å². The van der Waals surface area contributed by atoms with Gasteiger partial charge in [-0.15, -0.1) is 10.2 Å². The standard InChI is InChI=1S/C13H13N5O2S/c1-18-7-9(5-10(18)19)11(20)15-13-17-16-12(21-13)8-3-2-4-14-6-8/h2-4,6,9H,5,7H2,1H3,(H,15,17,20)/t9-/m0/s1. The first-order valence-electron chi connectivity index (χ1n) is 6.42. The number of hydrogen-bond acceptors (Lipinski definition) is 6. The van der Waals surface area contributed by atoms with E-state index in [9.17, 15) is 9.59 Å². The molecular weight excluding hydrogens is 290 g/mol. The van der Waals surface area contributed by atoms with Crippen LogP contribution in [0.5, 0.6) is 0 Å². The second-order valence-electron chi connectivity index (χ2n) is 4.82. The first kappa shape index (κ1) is 13.6. The minimum atomic E-state index is -0.326. The molecule has 1 aliphatic rings. The topological polar surface area (TPSA) is 88.1 Å². The van der Waals surface area contributed by atoms with Crippen LogP contribution in [-0.2, 0) is 9.59 Å². The zero-order valence-electron chi connectivity index (χ0n) is 11.3. The monoisotopic (exact) mass is 303 g/mol. The summed E-state index contributed by atoms with van der Waals surface area (Å²) >= 11 is 1.28. The molecular formula is C13H13N5O2S. The number of amides is 2. The number of carbonyl (C=O) groups excluding carboxylic acids is 2. The van der Waals surface area contributed by atoms with Gasteiger partial charge in [0.2, 0.25) is 16.9 Å². The molecule has 7 nitrogen and oxygen atoms in total.